The zero-order valence-electron chi connectivity index (χ0n) is 26.7. The van der Waals surface area contributed by atoms with Gasteiger partial charge in [-0.25, -0.2) is 4.79 Å². The topological polar surface area (TPSA) is 103 Å². The number of anilines is 1. The minimum absolute atomic E-state index is 0.0256. The summed E-state index contributed by atoms with van der Waals surface area (Å²) in [6, 6.07) is 14.0. The molecule has 0 spiro atoms. The molecule has 0 bridgehead atoms. The number of esters is 1. The van der Waals surface area contributed by atoms with Crippen LogP contribution in [0.5, 0.6) is 11.5 Å². The fraction of sp³-hybridized carbons (Fsp3) is 0.472. The van der Waals surface area contributed by atoms with Crippen molar-refractivity contribution in [2.75, 3.05) is 31.7 Å². The molecule has 1 aliphatic carbocycles. The van der Waals surface area contributed by atoms with Crippen molar-refractivity contribution in [1.82, 2.24) is 5.32 Å². The molecular formula is C36H46N2O6S. The monoisotopic (exact) mass is 634 g/mol. The third-order valence-electron chi connectivity index (χ3n) is 7.83. The van der Waals surface area contributed by atoms with E-state index in [1.807, 2.05) is 0 Å². The van der Waals surface area contributed by atoms with E-state index >= 15 is 0 Å². The Morgan fingerprint density at radius 2 is 1.40 bits per heavy atom. The zero-order valence-corrected chi connectivity index (χ0v) is 27.6. The summed E-state index contributed by atoms with van der Waals surface area (Å²) in [7, 11) is 0. The van der Waals surface area contributed by atoms with Gasteiger partial charge < -0.3 is 24.8 Å². The second-order valence-corrected chi connectivity index (χ2v) is 12.7. The molecule has 1 heterocycles. The lowest BCUT2D eigenvalue weighted by Gasteiger charge is -2.18. The first-order valence-electron chi connectivity index (χ1n) is 16.3. The summed E-state index contributed by atoms with van der Waals surface area (Å²) in [6.45, 7) is 7.97. The summed E-state index contributed by atoms with van der Waals surface area (Å²) in [5, 5.41) is 6.43. The summed E-state index contributed by atoms with van der Waals surface area (Å²) < 4.78 is 16.9. The van der Waals surface area contributed by atoms with Crippen LogP contribution in [0.4, 0.5) is 5.00 Å². The van der Waals surface area contributed by atoms with E-state index < -0.39 is 5.97 Å². The first-order chi connectivity index (χ1) is 21.9. The lowest BCUT2D eigenvalue weighted by molar-refractivity contribution is 0.0503. The highest BCUT2D eigenvalue weighted by Crippen LogP contribution is 2.40. The first kappa shape index (κ1) is 34.0. The molecule has 1 unspecified atom stereocenters. The molecule has 0 fully saturated rings. The molecular weight excluding hydrogens is 588 g/mol. The Morgan fingerprint density at radius 3 is 2.00 bits per heavy atom. The summed E-state index contributed by atoms with van der Waals surface area (Å²) in [5.41, 5.74) is 2.41. The number of fused-ring (bicyclic) bond motifs is 1. The molecule has 9 heteroatoms. The fourth-order valence-electron chi connectivity index (χ4n) is 5.21. The molecule has 2 aromatic carbocycles. The van der Waals surface area contributed by atoms with Crippen LogP contribution in [0, 0.1) is 5.92 Å². The Kier molecular flexibility index (Phi) is 13.3. The maximum absolute atomic E-state index is 13.4. The molecule has 242 valence electrons. The number of hydrogen-bond donors (Lipinski definition) is 2. The van der Waals surface area contributed by atoms with Gasteiger partial charge in [-0.3, -0.25) is 9.59 Å². The van der Waals surface area contributed by atoms with E-state index in [2.05, 4.69) is 31.4 Å². The van der Waals surface area contributed by atoms with E-state index in [9.17, 15) is 14.4 Å². The molecule has 2 N–H and O–H groups in total. The van der Waals surface area contributed by atoms with Crippen LogP contribution in [0.1, 0.15) is 107 Å². The number of amides is 2. The molecule has 0 saturated carbocycles. The van der Waals surface area contributed by atoms with Gasteiger partial charge in [-0.15, -0.1) is 11.3 Å². The van der Waals surface area contributed by atoms with E-state index in [4.69, 9.17) is 14.2 Å². The van der Waals surface area contributed by atoms with Gasteiger partial charge in [0.25, 0.3) is 11.8 Å². The van der Waals surface area contributed by atoms with E-state index in [1.165, 1.54) is 11.3 Å². The van der Waals surface area contributed by atoms with Crippen molar-refractivity contribution in [2.45, 2.75) is 78.6 Å². The molecule has 2 amide bonds. The first-order valence-corrected chi connectivity index (χ1v) is 17.1. The maximum atomic E-state index is 13.4. The standard InChI is InChI=1S/C36H46N2O6S/c1-4-6-8-21-42-28-15-11-26(12-16-28)33(39)38-35-32(30-19-10-25(3)24-31(30)45-35)34(40)37-20-23-44-36(41)27-13-17-29(18-14-27)43-22-9-7-5-2/h11-18,25H,4-10,19-24H2,1-3H3,(H,37,40)(H,38,39). The molecule has 1 atom stereocenters. The van der Waals surface area contributed by atoms with Crippen LogP contribution in [0.3, 0.4) is 0 Å². The molecule has 1 aliphatic rings. The van der Waals surface area contributed by atoms with Crippen molar-refractivity contribution in [3.05, 3.63) is 75.7 Å². The molecule has 45 heavy (non-hydrogen) atoms. The van der Waals surface area contributed by atoms with Crippen molar-refractivity contribution in [2.24, 2.45) is 5.92 Å². The van der Waals surface area contributed by atoms with Gasteiger partial charge in [0.1, 0.15) is 23.1 Å². The van der Waals surface area contributed by atoms with Gasteiger partial charge in [-0.1, -0.05) is 46.5 Å². The van der Waals surface area contributed by atoms with Crippen LogP contribution in [0.2, 0.25) is 0 Å². The summed E-state index contributed by atoms with van der Waals surface area (Å²) in [4.78, 5) is 40.3. The molecule has 0 radical (unpaired) electrons. The van der Waals surface area contributed by atoms with Crippen LogP contribution in [-0.2, 0) is 17.6 Å². The van der Waals surface area contributed by atoms with E-state index in [0.29, 0.717) is 40.8 Å². The van der Waals surface area contributed by atoms with Crippen molar-refractivity contribution in [3.63, 3.8) is 0 Å². The van der Waals surface area contributed by atoms with Gasteiger partial charge in [0.2, 0.25) is 0 Å². The van der Waals surface area contributed by atoms with Gasteiger partial charge in [0, 0.05) is 10.4 Å². The van der Waals surface area contributed by atoms with Crippen LogP contribution >= 0.6 is 11.3 Å². The number of carbonyl (C=O) groups is 3. The highest BCUT2D eigenvalue weighted by atomic mass is 32.1. The van der Waals surface area contributed by atoms with Crippen molar-refractivity contribution >= 4 is 34.1 Å². The number of nitrogens with one attached hydrogen (secondary N) is 2. The number of benzene rings is 2. The summed E-state index contributed by atoms with van der Waals surface area (Å²) in [5.74, 6) is 0.937. The number of rotatable bonds is 17. The SMILES string of the molecule is CCCCCOc1ccc(C(=O)Nc2sc3c(c2C(=O)NCCOC(=O)c2ccc(OCCCCC)cc2)CCC(C)C3)cc1. The minimum Gasteiger partial charge on any atom is -0.494 e. The molecule has 1 aromatic heterocycles. The van der Waals surface area contributed by atoms with Crippen molar-refractivity contribution < 1.29 is 28.6 Å². The van der Waals surface area contributed by atoms with Gasteiger partial charge in [0.05, 0.1) is 30.9 Å². The number of hydrogen-bond acceptors (Lipinski definition) is 7. The van der Waals surface area contributed by atoms with E-state index in [0.717, 1.165) is 79.7 Å². The Balaban J connectivity index is 1.32. The number of thiophene rings is 1. The molecule has 3 aromatic rings. The third kappa shape index (κ3) is 10.1. The Morgan fingerprint density at radius 1 is 0.800 bits per heavy atom. The van der Waals surface area contributed by atoms with Gasteiger partial charge in [-0.2, -0.15) is 0 Å². The van der Waals surface area contributed by atoms with Gasteiger partial charge in [0.15, 0.2) is 0 Å². The fourth-order valence-corrected chi connectivity index (χ4v) is 6.61. The summed E-state index contributed by atoms with van der Waals surface area (Å²) >= 11 is 1.47. The quantitative estimate of drug-likeness (QED) is 0.116. The highest BCUT2D eigenvalue weighted by Gasteiger charge is 2.28. The van der Waals surface area contributed by atoms with E-state index in [-0.39, 0.29) is 25.0 Å². The summed E-state index contributed by atoms with van der Waals surface area (Å²) in [6.07, 6.45) is 9.13. The predicted molar refractivity (Wildman–Crippen MR) is 179 cm³/mol. The van der Waals surface area contributed by atoms with E-state index in [1.54, 1.807) is 48.5 Å². The minimum atomic E-state index is -0.464. The molecule has 0 aliphatic heterocycles. The average molecular weight is 635 g/mol. The van der Waals surface area contributed by atoms with Crippen molar-refractivity contribution in [3.8, 4) is 11.5 Å². The van der Waals surface area contributed by atoms with Gasteiger partial charge in [-0.05, 0) is 92.1 Å². The van der Waals surface area contributed by atoms with Crippen LogP contribution < -0.4 is 20.1 Å². The lowest BCUT2D eigenvalue weighted by atomic mass is 9.88. The van der Waals surface area contributed by atoms with Crippen LogP contribution in [0.15, 0.2) is 48.5 Å². The smallest absolute Gasteiger partial charge is 0.338 e. The second-order valence-electron chi connectivity index (χ2n) is 11.6. The average Bonchev–Trinajstić information content (AvgIpc) is 3.40. The normalized spacial score (nSPS) is 13.9. The maximum Gasteiger partial charge on any atom is 0.338 e. The number of ether oxygens (including phenoxy) is 3. The highest BCUT2D eigenvalue weighted by molar-refractivity contribution is 7.17. The Hall–Kier alpha value is -3.85. The number of carbonyl (C=O) groups excluding carboxylic acids is 3. The van der Waals surface area contributed by atoms with Crippen LogP contribution in [-0.4, -0.2) is 44.1 Å². The zero-order chi connectivity index (χ0) is 32.0. The predicted octanol–water partition coefficient (Wildman–Crippen LogP) is 7.85. The molecule has 4 rings (SSSR count). The largest absolute Gasteiger partial charge is 0.494 e. The van der Waals surface area contributed by atoms with Crippen molar-refractivity contribution in [1.29, 1.82) is 0 Å². The Bertz CT molecular complexity index is 1400. The second kappa shape index (κ2) is 17.6. The molecule has 0 saturated heterocycles. The lowest BCUT2D eigenvalue weighted by Crippen LogP contribution is -2.29. The van der Waals surface area contributed by atoms with Gasteiger partial charge >= 0.3 is 5.97 Å². The van der Waals surface area contributed by atoms with Crippen LogP contribution in [0.25, 0.3) is 0 Å². The third-order valence-corrected chi connectivity index (χ3v) is 9.00. The Labute approximate surface area is 270 Å². The number of unbranched alkanes of at least 4 members (excludes halogenated alkanes) is 4. The molecule has 8 nitrogen and oxygen atoms in total.